The molecule has 1 aliphatic rings. The molecule has 12 heavy (non-hydrogen) atoms. The number of nitrogens with zero attached hydrogens (tertiary/aromatic N) is 2. The van der Waals surface area contributed by atoms with Crippen LogP contribution in [0.5, 0.6) is 0 Å². The zero-order valence-electron chi connectivity index (χ0n) is 6.88. The lowest BCUT2D eigenvalue weighted by atomic mass is 9.99. The highest BCUT2D eigenvalue weighted by Crippen LogP contribution is 2.19. The summed E-state index contributed by atoms with van der Waals surface area (Å²) in [7, 11) is 0. The predicted molar refractivity (Wildman–Crippen MR) is 45.6 cm³/mol. The Hall–Kier alpha value is -1.10. The van der Waals surface area contributed by atoms with Crippen LogP contribution in [0.2, 0.25) is 0 Å². The number of hydrogen-bond acceptors (Lipinski definition) is 4. The van der Waals surface area contributed by atoms with Crippen LogP contribution in [0, 0.1) is 0 Å². The van der Waals surface area contributed by atoms with Crippen molar-refractivity contribution >= 4 is 5.95 Å². The molecule has 0 aromatic carbocycles. The number of anilines is 1. The Balaban J connectivity index is 2.08. The third kappa shape index (κ3) is 1.40. The molecule has 5 nitrogen and oxygen atoms in total. The van der Waals surface area contributed by atoms with Gasteiger partial charge in [-0.25, -0.2) is 0 Å². The monoisotopic (exact) mass is 167 g/mol. The SMILES string of the molecule is Nc1n[nH]c(C2CCCNC2)n1. The zero-order valence-corrected chi connectivity index (χ0v) is 6.88. The molecule has 66 valence electrons. The molecular formula is C7H13N5. The molecule has 0 bridgehead atoms. The molecule has 2 rings (SSSR count). The number of H-pyrrole nitrogens is 1. The van der Waals surface area contributed by atoms with E-state index in [0.29, 0.717) is 11.9 Å². The number of hydrogen-bond donors (Lipinski definition) is 3. The van der Waals surface area contributed by atoms with Crippen LogP contribution in [0.4, 0.5) is 5.95 Å². The van der Waals surface area contributed by atoms with Crippen molar-refractivity contribution in [3.63, 3.8) is 0 Å². The summed E-state index contributed by atoms with van der Waals surface area (Å²) in [5, 5.41) is 9.97. The van der Waals surface area contributed by atoms with Crippen LogP contribution in [0.1, 0.15) is 24.6 Å². The highest BCUT2D eigenvalue weighted by atomic mass is 15.3. The number of nitrogens with one attached hydrogen (secondary N) is 2. The van der Waals surface area contributed by atoms with Gasteiger partial charge < -0.3 is 11.1 Å². The van der Waals surface area contributed by atoms with Crippen molar-refractivity contribution < 1.29 is 0 Å². The summed E-state index contributed by atoms with van der Waals surface area (Å²) in [4.78, 5) is 4.11. The van der Waals surface area contributed by atoms with Crippen LogP contribution in [-0.4, -0.2) is 28.3 Å². The highest BCUT2D eigenvalue weighted by molar-refractivity contribution is 5.15. The van der Waals surface area contributed by atoms with Gasteiger partial charge in [0.2, 0.25) is 5.95 Å². The molecule has 1 fully saturated rings. The molecule has 1 unspecified atom stereocenters. The lowest BCUT2D eigenvalue weighted by molar-refractivity contribution is 0.447. The topological polar surface area (TPSA) is 79.6 Å². The molecule has 1 saturated heterocycles. The number of rotatable bonds is 1. The Morgan fingerprint density at radius 2 is 2.42 bits per heavy atom. The molecule has 0 radical (unpaired) electrons. The predicted octanol–water partition coefficient (Wildman–Crippen LogP) is -0.146. The quantitative estimate of drug-likeness (QED) is 0.543. The fourth-order valence-electron chi connectivity index (χ4n) is 1.56. The first-order chi connectivity index (χ1) is 5.86. The molecule has 0 amide bonds. The van der Waals surface area contributed by atoms with Crippen molar-refractivity contribution in [2.24, 2.45) is 0 Å². The van der Waals surface area contributed by atoms with Gasteiger partial charge in [0.25, 0.3) is 0 Å². The van der Waals surface area contributed by atoms with Crippen LogP contribution in [0.3, 0.4) is 0 Å². The molecule has 1 aliphatic heterocycles. The van der Waals surface area contributed by atoms with Crippen LogP contribution in [0.25, 0.3) is 0 Å². The van der Waals surface area contributed by atoms with E-state index in [1.165, 1.54) is 12.8 Å². The summed E-state index contributed by atoms with van der Waals surface area (Å²) < 4.78 is 0. The van der Waals surface area contributed by atoms with Crippen molar-refractivity contribution in [3.8, 4) is 0 Å². The van der Waals surface area contributed by atoms with Crippen molar-refractivity contribution in [2.75, 3.05) is 18.8 Å². The summed E-state index contributed by atoms with van der Waals surface area (Å²) >= 11 is 0. The summed E-state index contributed by atoms with van der Waals surface area (Å²) in [6, 6.07) is 0. The number of nitrogen functional groups attached to an aromatic ring is 1. The second-order valence-electron chi connectivity index (χ2n) is 3.12. The molecule has 1 atom stereocenters. The molecular weight excluding hydrogens is 154 g/mol. The van der Waals surface area contributed by atoms with Crippen LogP contribution in [0.15, 0.2) is 0 Å². The van der Waals surface area contributed by atoms with Gasteiger partial charge in [-0.2, -0.15) is 4.98 Å². The maximum Gasteiger partial charge on any atom is 0.239 e. The van der Waals surface area contributed by atoms with E-state index in [1.807, 2.05) is 0 Å². The number of nitrogens with two attached hydrogens (primary N) is 1. The van der Waals surface area contributed by atoms with E-state index in [1.54, 1.807) is 0 Å². The van der Waals surface area contributed by atoms with Gasteiger partial charge in [-0.1, -0.05) is 0 Å². The Labute approximate surface area is 70.8 Å². The van der Waals surface area contributed by atoms with E-state index in [4.69, 9.17) is 5.73 Å². The Kier molecular flexibility index (Phi) is 1.95. The summed E-state index contributed by atoms with van der Waals surface area (Å²) in [5.41, 5.74) is 5.41. The van der Waals surface area contributed by atoms with Crippen molar-refractivity contribution in [2.45, 2.75) is 18.8 Å². The van der Waals surface area contributed by atoms with Gasteiger partial charge >= 0.3 is 0 Å². The average Bonchev–Trinajstić information content (AvgIpc) is 2.54. The van der Waals surface area contributed by atoms with Gasteiger partial charge in [0.15, 0.2) is 0 Å². The summed E-state index contributed by atoms with van der Waals surface area (Å²) in [6.07, 6.45) is 2.37. The highest BCUT2D eigenvalue weighted by Gasteiger charge is 2.17. The van der Waals surface area contributed by atoms with Gasteiger partial charge in [-0.05, 0) is 19.4 Å². The number of aromatic amines is 1. The zero-order chi connectivity index (χ0) is 8.39. The number of aromatic nitrogens is 3. The molecule has 0 saturated carbocycles. The van der Waals surface area contributed by atoms with E-state index >= 15 is 0 Å². The second kappa shape index (κ2) is 3.10. The fourth-order valence-corrected chi connectivity index (χ4v) is 1.56. The van der Waals surface area contributed by atoms with Gasteiger partial charge in [0.05, 0.1) is 0 Å². The molecule has 0 aliphatic carbocycles. The molecule has 2 heterocycles. The van der Waals surface area contributed by atoms with Gasteiger partial charge in [-0.15, -0.1) is 5.10 Å². The Morgan fingerprint density at radius 1 is 1.50 bits per heavy atom. The Bertz CT molecular complexity index is 250. The van der Waals surface area contributed by atoms with Gasteiger partial charge in [0.1, 0.15) is 5.82 Å². The number of piperidine rings is 1. The van der Waals surface area contributed by atoms with Crippen LogP contribution < -0.4 is 11.1 Å². The van der Waals surface area contributed by atoms with Crippen LogP contribution >= 0.6 is 0 Å². The lowest BCUT2D eigenvalue weighted by Gasteiger charge is -2.19. The smallest absolute Gasteiger partial charge is 0.239 e. The minimum atomic E-state index is 0.343. The molecule has 1 aromatic rings. The van der Waals surface area contributed by atoms with E-state index in [-0.39, 0.29) is 0 Å². The van der Waals surface area contributed by atoms with Gasteiger partial charge in [0, 0.05) is 12.5 Å². The van der Waals surface area contributed by atoms with Gasteiger partial charge in [-0.3, -0.25) is 5.10 Å². The van der Waals surface area contributed by atoms with Crippen molar-refractivity contribution in [1.29, 1.82) is 0 Å². The largest absolute Gasteiger partial charge is 0.367 e. The van der Waals surface area contributed by atoms with Crippen molar-refractivity contribution in [3.05, 3.63) is 5.82 Å². The fraction of sp³-hybridized carbons (Fsp3) is 0.714. The lowest BCUT2D eigenvalue weighted by Crippen LogP contribution is -2.28. The van der Waals surface area contributed by atoms with E-state index in [0.717, 1.165) is 18.9 Å². The minimum Gasteiger partial charge on any atom is -0.367 e. The minimum absolute atomic E-state index is 0.343. The first kappa shape index (κ1) is 7.54. The summed E-state index contributed by atoms with van der Waals surface area (Å²) in [6.45, 7) is 2.09. The summed E-state index contributed by atoms with van der Waals surface area (Å²) in [5.74, 6) is 1.72. The average molecular weight is 167 g/mol. The molecule has 1 aromatic heterocycles. The maximum atomic E-state index is 5.41. The second-order valence-corrected chi connectivity index (χ2v) is 3.12. The third-order valence-electron chi connectivity index (χ3n) is 2.20. The van der Waals surface area contributed by atoms with E-state index in [9.17, 15) is 0 Å². The van der Waals surface area contributed by atoms with Crippen molar-refractivity contribution in [1.82, 2.24) is 20.5 Å². The first-order valence-corrected chi connectivity index (χ1v) is 4.25. The molecule has 0 spiro atoms. The third-order valence-corrected chi connectivity index (χ3v) is 2.20. The maximum absolute atomic E-state index is 5.41. The van der Waals surface area contributed by atoms with E-state index in [2.05, 4.69) is 20.5 Å². The Morgan fingerprint density at radius 3 is 3.00 bits per heavy atom. The van der Waals surface area contributed by atoms with E-state index < -0.39 is 0 Å². The molecule has 5 heteroatoms. The standard InChI is InChI=1S/C7H13N5/c8-7-10-6(11-12-7)5-2-1-3-9-4-5/h5,9H,1-4H2,(H3,8,10,11,12). The first-order valence-electron chi connectivity index (χ1n) is 4.25. The molecule has 4 N–H and O–H groups in total. The van der Waals surface area contributed by atoms with Crippen LogP contribution in [-0.2, 0) is 0 Å². The normalized spacial score (nSPS) is 24.2.